The number of hydrogen-bond acceptors (Lipinski definition) is 8. The number of carbonyl (C=O) groups is 1. The standard InChI is InChI=1S/C20H18N6O4S/c1-2-31-20-22-19-21-11-13-14(26(19)24-20)6-7-25(18(13)28)23-17(27)12-4-5-15-16(10-12)30-9-3-8-29-15/h4-7,10-11H,2-3,8-9H2,1H3,(H,23,27). The normalized spacial score (nSPS) is 13.3. The number of ether oxygens (including phenoxy) is 2. The van der Waals surface area contributed by atoms with Gasteiger partial charge in [-0.05, 0) is 30.0 Å². The molecule has 1 N–H and O–H groups in total. The first kappa shape index (κ1) is 19.4. The molecule has 10 nitrogen and oxygen atoms in total. The van der Waals surface area contributed by atoms with Gasteiger partial charge in [0.2, 0.25) is 5.16 Å². The molecule has 0 spiro atoms. The van der Waals surface area contributed by atoms with Crippen LogP contribution in [0.5, 0.6) is 11.5 Å². The zero-order chi connectivity index (χ0) is 21.4. The van der Waals surface area contributed by atoms with Gasteiger partial charge in [0, 0.05) is 24.4 Å². The Morgan fingerprint density at radius 2 is 2.06 bits per heavy atom. The van der Waals surface area contributed by atoms with E-state index in [0.717, 1.165) is 16.8 Å². The summed E-state index contributed by atoms with van der Waals surface area (Å²) in [6.07, 6.45) is 3.70. The molecule has 1 aliphatic rings. The lowest BCUT2D eigenvalue weighted by Crippen LogP contribution is -2.33. The van der Waals surface area contributed by atoms with Gasteiger partial charge in [-0.25, -0.2) is 9.66 Å². The molecule has 3 aromatic heterocycles. The second kappa shape index (κ2) is 7.91. The van der Waals surface area contributed by atoms with Gasteiger partial charge >= 0.3 is 0 Å². The first-order chi connectivity index (χ1) is 15.1. The third-order valence-corrected chi connectivity index (χ3v) is 5.44. The van der Waals surface area contributed by atoms with Crippen molar-refractivity contribution in [2.45, 2.75) is 18.5 Å². The maximum absolute atomic E-state index is 12.9. The van der Waals surface area contributed by atoms with Gasteiger partial charge in [0.25, 0.3) is 17.2 Å². The number of thioether (sulfide) groups is 1. The van der Waals surface area contributed by atoms with Crippen LogP contribution in [0.2, 0.25) is 0 Å². The van der Waals surface area contributed by atoms with Crippen molar-refractivity contribution in [3.8, 4) is 11.5 Å². The summed E-state index contributed by atoms with van der Waals surface area (Å²) in [5.41, 5.74) is 3.10. The quantitative estimate of drug-likeness (QED) is 0.482. The average molecular weight is 438 g/mol. The second-order valence-electron chi connectivity index (χ2n) is 6.74. The van der Waals surface area contributed by atoms with Gasteiger partial charge in [-0.3, -0.25) is 15.0 Å². The third kappa shape index (κ3) is 3.56. The van der Waals surface area contributed by atoms with Crippen molar-refractivity contribution in [3.63, 3.8) is 0 Å². The van der Waals surface area contributed by atoms with Gasteiger partial charge in [0.1, 0.15) is 0 Å². The van der Waals surface area contributed by atoms with Crippen molar-refractivity contribution in [3.05, 3.63) is 52.6 Å². The Hall–Kier alpha value is -3.60. The molecule has 0 radical (unpaired) electrons. The average Bonchev–Trinajstić information content (AvgIpc) is 3.04. The molecule has 1 aromatic carbocycles. The molecule has 1 amide bonds. The molecule has 0 fully saturated rings. The Bertz CT molecular complexity index is 1370. The SMILES string of the molecule is CCSc1nc2ncc3c(=O)n(NC(=O)c4ccc5c(c4)OCCCO5)ccc3n2n1. The van der Waals surface area contributed by atoms with Crippen LogP contribution < -0.4 is 20.5 Å². The van der Waals surface area contributed by atoms with Crippen molar-refractivity contribution in [1.29, 1.82) is 0 Å². The Labute approximate surface area is 180 Å². The smallest absolute Gasteiger partial charge is 0.280 e. The largest absolute Gasteiger partial charge is 0.490 e. The fourth-order valence-corrected chi connectivity index (χ4v) is 3.80. The van der Waals surface area contributed by atoms with Crippen LogP contribution in [0.4, 0.5) is 0 Å². The van der Waals surface area contributed by atoms with Crippen LogP contribution in [0.3, 0.4) is 0 Å². The molecule has 4 aromatic rings. The number of rotatable bonds is 4. The Kier molecular flexibility index (Phi) is 4.94. The highest BCUT2D eigenvalue weighted by Gasteiger charge is 2.16. The molecule has 5 rings (SSSR count). The molecule has 0 bridgehead atoms. The highest BCUT2D eigenvalue weighted by Crippen LogP contribution is 2.30. The lowest BCUT2D eigenvalue weighted by Gasteiger charge is -2.11. The van der Waals surface area contributed by atoms with Crippen molar-refractivity contribution in [2.24, 2.45) is 0 Å². The fraction of sp³-hybridized carbons (Fsp3) is 0.250. The minimum Gasteiger partial charge on any atom is -0.490 e. The molecular formula is C20H18N6O4S. The summed E-state index contributed by atoms with van der Waals surface area (Å²) < 4.78 is 13.9. The van der Waals surface area contributed by atoms with Crippen LogP contribution in [0.1, 0.15) is 23.7 Å². The van der Waals surface area contributed by atoms with Crippen molar-refractivity contribution >= 4 is 34.3 Å². The van der Waals surface area contributed by atoms with E-state index in [4.69, 9.17) is 9.47 Å². The van der Waals surface area contributed by atoms with E-state index in [9.17, 15) is 9.59 Å². The molecule has 0 unspecified atom stereocenters. The van der Waals surface area contributed by atoms with E-state index in [2.05, 4.69) is 20.5 Å². The number of nitrogens with zero attached hydrogens (tertiary/aromatic N) is 5. The number of benzene rings is 1. The van der Waals surface area contributed by atoms with Crippen LogP contribution in [0, 0.1) is 0 Å². The molecule has 0 saturated carbocycles. The van der Waals surface area contributed by atoms with E-state index in [1.807, 2.05) is 6.92 Å². The molecule has 158 valence electrons. The number of fused-ring (bicyclic) bond motifs is 4. The third-order valence-electron chi connectivity index (χ3n) is 4.72. The molecule has 0 saturated heterocycles. The summed E-state index contributed by atoms with van der Waals surface area (Å²) in [6.45, 7) is 3.09. The number of aromatic nitrogens is 5. The van der Waals surface area contributed by atoms with Gasteiger partial charge in [-0.1, -0.05) is 18.7 Å². The topological polar surface area (TPSA) is 113 Å². The zero-order valence-corrected chi connectivity index (χ0v) is 17.4. The van der Waals surface area contributed by atoms with Crippen molar-refractivity contribution in [1.82, 2.24) is 24.3 Å². The lowest BCUT2D eigenvalue weighted by atomic mass is 10.2. The molecule has 11 heteroatoms. The van der Waals surface area contributed by atoms with Gasteiger partial charge < -0.3 is 9.47 Å². The maximum Gasteiger partial charge on any atom is 0.280 e. The van der Waals surface area contributed by atoms with E-state index in [-0.39, 0.29) is 0 Å². The summed E-state index contributed by atoms with van der Waals surface area (Å²) in [7, 11) is 0. The number of hydrogen-bond donors (Lipinski definition) is 1. The Morgan fingerprint density at radius 3 is 2.90 bits per heavy atom. The summed E-state index contributed by atoms with van der Waals surface area (Å²) in [5.74, 6) is 1.90. The summed E-state index contributed by atoms with van der Waals surface area (Å²) in [6, 6.07) is 6.61. The van der Waals surface area contributed by atoms with E-state index in [1.165, 1.54) is 28.7 Å². The van der Waals surface area contributed by atoms with Crippen LogP contribution in [-0.4, -0.2) is 49.1 Å². The van der Waals surface area contributed by atoms with Crippen LogP contribution in [0.25, 0.3) is 16.7 Å². The fourth-order valence-electron chi connectivity index (χ4n) is 3.26. The van der Waals surface area contributed by atoms with Gasteiger partial charge in [-0.2, -0.15) is 9.50 Å². The highest BCUT2D eigenvalue weighted by atomic mass is 32.2. The minimum atomic E-state index is -0.450. The Morgan fingerprint density at radius 1 is 1.23 bits per heavy atom. The first-order valence-corrected chi connectivity index (χ1v) is 10.7. The number of amides is 1. The summed E-state index contributed by atoms with van der Waals surface area (Å²) in [5, 5.41) is 5.31. The Balaban J connectivity index is 1.47. The number of nitrogens with one attached hydrogen (secondary N) is 1. The number of carbonyl (C=O) groups excluding carboxylic acids is 1. The second-order valence-corrected chi connectivity index (χ2v) is 7.97. The first-order valence-electron chi connectivity index (χ1n) is 9.75. The zero-order valence-electron chi connectivity index (χ0n) is 16.6. The van der Waals surface area contributed by atoms with E-state index < -0.39 is 11.5 Å². The maximum atomic E-state index is 12.9. The predicted molar refractivity (Wildman–Crippen MR) is 115 cm³/mol. The van der Waals surface area contributed by atoms with E-state index in [1.54, 1.807) is 24.3 Å². The molecular weight excluding hydrogens is 420 g/mol. The predicted octanol–water partition coefficient (Wildman–Crippen LogP) is 2.10. The van der Waals surface area contributed by atoms with Crippen molar-refractivity contribution < 1.29 is 14.3 Å². The highest BCUT2D eigenvalue weighted by molar-refractivity contribution is 7.99. The monoisotopic (exact) mass is 438 g/mol. The van der Waals surface area contributed by atoms with Gasteiger partial charge in [0.15, 0.2) is 11.5 Å². The molecule has 4 heterocycles. The van der Waals surface area contributed by atoms with E-state index >= 15 is 0 Å². The van der Waals surface area contributed by atoms with Gasteiger partial charge in [0.05, 0.1) is 24.1 Å². The number of pyridine rings is 1. The van der Waals surface area contributed by atoms with Crippen LogP contribution in [0.15, 0.2) is 46.6 Å². The van der Waals surface area contributed by atoms with Crippen LogP contribution in [-0.2, 0) is 0 Å². The summed E-state index contributed by atoms with van der Waals surface area (Å²) >= 11 is 1.49. The molecule has 0 aliphatic carbocycles. The van der Waals surface area contributed by atoms with Gasteiger partial charge in [-0.15, -0.1) is 5.10 Å². The van der Waals surface area contributed by atoms with Crippen LogP contribution >= 0.6 is 11.8 Å². The molecule has 1 aliphatic heterocycles. The lowest BCUT2D eigenvalue weighted by molar-refractivity contribution is 0.101. The van der Waals surface area contributed by atoms with Crippen molar-refractivity contribution in [2.75, 3.05) is 24.4 Å². The molecule has 0 atom stereocenters. The molecule has 31 heavy (non-hydrogen) atoms. The summed E-state index contributed by atoms with van der Waals surface area (Å²) in [4.78, 5) is 34.3. The van der Waals surface area contributed by atoms with E-state index in [0.29, 0.717) is 52.1 Å². The minimum absolute atomic E-state index is 0.312.